The molecule has 1 aromatic carbocycles. The van der Waals surface area contributed by atoms with E-state index in [-0.39, 0.29) is 19.1 Å². The molecule has 2 rings (SSSR count). The lowest BCUT2D eigenvalue weighted by Gasteiger charge is -2.28. The Morgan fingerprint density at radius 3 is 3.00 bits per heavy atom. The number of hydrogen-bond acceptors (Lipinski definition) is 4. The van der Waals surface area contributed by atoms with Crippen molar-refractivity contribution in [2.45, 2.75) is 6.92 Å². The van der Waals surface area contributed by atoms with Gasteiger partial charge in [-0.1, -0.05) is 12.1 Å². The van der Waals surface area contributed by atoms with Gasteiger partial charge >= 0.3 is 5.97 Å². The van der Waals surface area contributed by atoms with Crippen LogP contribution >= 0.6 is 0 Å². The fourth-order valence-electron chi connectivity index (χ4n) is 1.66. The zero-order valence-corrected chi connectivity index (χ0v) is 9.51. The molecule has 1 amide bonds. The number of anilines is 1. The molecule has 1 aromatic rings. The largest absolute Gasteiger partial charge is 0.482 e. The predicted octanol–water partition coefficient (Wildman–Crippen LogP) is 0.975. The normalized spacial score (nSPS) is 13.9. The molecule has 1 aliphatic rings. The first-order valence-electron chi connectivity index (χ1n) is 5.40. The standard InChI is InChI=1S/C12H13NO4/c1-2-16-12(15)7-13-9-5-3-4-6-10(9)17-8-11(13)14/h3-6H,2,7-8H2,1H3. The summed E-state index contributed by atoms with van der Waals surface area (Å²) in [5.74, 6) is -0.0503. The van der Waals surface area contributed by atoms with Crippen LogP contribution in [0.15, 0.2) is 24.3 Å². The van der Waals surface area contributed by atoms with E-state index in [1.54, 1.807) is 25.1 Å². The number of esters is 1. The molecule has 5 nitrogen and oxygen atoms in total. The Kier molecular flexibility index (Phi) is 3.27. The van der Waals surface area contributed by atoms with Crippen LogP contribution in [0.4, 0.5) is 5.69 Å². The van der Waals surface area contributed by atoms with Crippen molar-refractivity contribution in [3.63, 3.8) is 0 Å². The summed E-state index contributed by atoms with van der Waals surface area (Å²) < 4.78 is 10.1. The van der Waals surface area contributed by atoms with Crippen molar-refractivity contribution < 1.29 is 19.1 Å². The molecule has 0 aromatic heterocycles. The number of amides is 1. The number of hydrogen-bond donors (Lipinski definition) is 0. The van der Waals surface area contributed by atoms with Crippen molar-refractivity contribution in [2.75, 3.05) is 24.7 Å². The van der Waals surface area contributed by atoms with Crippen molar-refractivity contribution >= 4 is 17.6 Å². The van der Waals surface area contributed by atoms with Gasteiger partial charge < -0.3 is 9.47 Å². The third kappa shape index (κ3) is 2.38. The first kappa shape index (κ1) is 11.4. The maximum absolute atomic E-state index is 11.7. The Morgan fingerprint density at radius 2 is 2.24 bits per heavy atom. The fraction of sp³-hybridized carbons (Fsp3) is 0.333. The molecular formula is C12H13NO4. The summed E-state index contributed by atoms with van der Waals surface area (Å²) >= 11 is 0. The predicted molar refractivity (Wildman–Crippen MR) is 60.9 cm³/mol. The molecule has 90 valence electrons. The topological polar surface area (TPSA) is 55.8 Å². The summed E-state index contributed by atoms with van der Waals surface area (Å²) in [7, 11) is 0. The summed E-state index contributed by atoms with van der Waals surface area (Å²) in [6, 6.07) is 7.11. The number of ether oxygens (including phenoxy) is 2. The smallest absolute Gasteiger partial charge is 0.326 e. The molecule has 0 saturated heterocycles. The van der Waals surface area contributed by atoms with Gasteiger partial charge in [0.05, 0.1) is 12.3 Å². The molecule has 17 heavy (non-hydrogen) atoms. The Morgan fingerprint density at radius 1 is 1.47 bits per heavy atom. The van der Waals surface area contributed by atoms with Crippen LogP contribution in [-0.4, -0.2) is 31.6 Å². The van der Waals surface area contributed by atoms with Gasteiger partial charge in [-0.3, -0.25) is 14.5 Å². The Balaban J connectivity index is 2.21. The highest BCUT2D eigenvalue weighted by Crippen LogP contribution is 2.31. The third-order valence-electron chi connectivity index (χ3n) is 2.40. The number of fused-ring (bicyclic) bond motifs is 1. The molecule has 0 fully saturated rings. The van der Waals surface area contributed by atoms with Crippen LogP contribution in [0, 0.1) is 0 Å². The molecule has 0 radical (unpaired) electrons. The summed E-state index contributed by atoms with van der Waals surface area (Å²) in [5.41, 5.74) is 0.608. The van der Waals surface area contributed by atoms with Crippen LogP contribution in [0.25, 0.3) is 0 Å². The molecular weight excluding hydrogens is 222 g/mol. The number of carbonyl (C=O) groups excluding carboxylic acids is 2. The van der Waals surface area contributed by atoms with Gasteiger partial charge in [0, 0.05) is 0 Å². The van der Waals surface area contributed by atoms with Crippen LogP contribution in [0.5, 0.6) is 5.75 Å². The monoisotopic (exact) mass is 235 g/mol. The van der Waals surface area contributed by atoms with E-state index in [2.05, 4.69) is 0 Å². The second-order valence-electron chi connectivity index (χ2n) is 3.54. The number of carbonyl (C=O) groups is 2. The van der Waals surface area contributed by atoms with Gasteiger partial charge in [-0.05, 0) is 19.1 Å². The second-order valence-corrected chi connectivity index (χ2v) is 3.54. The number of para-hydroxylation sites is 2. The molecule has 0 aliphatic carbocycles. The van der Waals surface area contributed by atoms with Gasteiger partial charge in [0.25, 0.3) is 5.91 Å². The molecule has 0 unspecified atom stereocenters. The highest BCUT2D eigenvalue weighted by atomic mass is 16.5. The number of rotatable bonds is 3. The van der Waals surface area contributed by atoms with Gasteiger partial charge in [0.1, 0.15) is 12.3 Å². The van der Waals surface area contributed by atoms with E-state index in [9.17, 15) is 9.59 Å². The Bertz CT molecular complexity index is 444. The zero-order chi connectivity index (χ0) is 12.3. The number of benzene rings is 1. The first-order chi connectivity index (χ1) is 8.22. The van der Waals surface area contributed by atoms with Crippen molar-refractivity contribution in [2.24, 2.45) is 0 Å². The van der Waals surface area contributed by atoms with Crippen molar-refractivity contribution in [3.8, 4) is 5.75 Å². The minimum Gasteiger partial charge on any atom is -0.482 e. The summed E-state index contributed by atoms with van der Waals surface area (Å²) in [4.78, 5) is 24.5. The fourth-order valence-corrected chi connectivity index (χ4v) is 1.66. The average molecular weight is 235 g/mol. The molecule has 1 heterocycles. The quantitative estimate of drug-likeness (QED) is 0.733. The van der Waals surface area contributed by atoms with E-state index in [0.717, 1.165) is 0 Å². The minimum atomic E-state index is -0.419. The lowest BCUT2D eigenvalue weighted by Crippen LogP contribution is -2.42. The van der Waals surface area contributed by atoms with Crippen molar-refractivity contribution in [1.82, 2.24) is 0 Å². The highest BCUT2D eigenvalue weighted by Gasteiger charge is 2.27. The maximum atomic E-state index is 11.7. The summed E-state index contributed by atoms with van der Waals surface area (Å²) in [5, 5.41) is 0. The zero-order valence-electron chi connectivity index (χ0n) is 9.51. The van der Waals surface area contributed by atoms with Crippen molar-refractivity contribution in [3.05, 3.63) is 24.3 Å². The summed E-state index contributed by atoms with van der Waals surface area (Å²) in [6.07, 6.45) is 0. The molecule has 0 atom stereocenters. The van der Waals surface area contributed by atoms with E-state index >= 15 is 0 Å². The van der Waals surface area contributed by atoms with Crippen LogP contribution < -0.4 is 9.64 Å². The minimum absolute atomic E-state index is 0.0452. The molecule has 0 spiro atoms. The van der Waals surface area contributed by atoms with E-state index in [1.165, 1.54) is 4.90 Å². The van der Waals surface area contributed by atoms with E-state index in [0.29, 0.717) is 18.0 Å². The second kappa shape index (κ2) is 4.86. The highest BCUT2D eigenvalue weighted by molar-refractivity contribution is 6.01. The van der Waals surface area contributed by atoms with Gasteiger partial charge in [-0.15, -0.1) is 0 Å². The van der Waals surface area contributed by atoms with Gasteiger partial charge in [0.15, 0.2) is 6.61 Å². The average Bonchev–Trinajstić information content (AvgIpc) is 2.33. The van der Waals surface area contributed by atoms with Crippen LogP contribution in [0.3, 0.4) is 0 Å². The molecule has 5 heteroatoms. The molecule has 0 bridgehead atoms. The number of nitrogens with zero attached hydrogens (tertiary/aromatic N) is 1. The van der Waals surface area contributed by atoms with Gasteiger partial charge in [-0.2, -0.15) is 0 Å². The van der Waals surface area contributed by atoms with Crippen LogP contribution in [-0.2, 0) is 14.3 Å². The van der Waals surface area contributed by atoms with Crippen LogP contribution in [0.2, 0.25) is 0 Å². The van der Waals surface area contributed by atoms with Gasteiger partial charge in [-0.25, -0.2) is 0 Å². The molecule has 1 aliphatic heterocycles. The molecule has 0 N–H and O–H groups in total. The van der Waals surface area contributed by atoms with Gasteiger partial charge in [0.2, 0.25) is 0 Å². The SMILES string of the molecule is CCOC(=O)CN1C(=O)COc2ccccc21. The van der Waals surface area contributed by atoms with E-state index in [4.69, 9.17) is 9.47 Å². The van der Waals surface area contributed by atoms with Crippen molar-refractivity contribution in [1.29, 1.82) is 0 Å². The Labute approximate surface area is 98.9 Å². The van der Waals surface area contributed by atoms with E-state index in [1.807, 2.05) is 6.07 Å². The maximum Gasteiger partial charge on any atom is 0.326 e. The molecule has 0 saturated carbocycles. The van der Waals surface area contributed by atoms with E-state index < -0.39 is 5.97 Å². The third-order valence-corrected chi connectivity index (χ3v) is 2.40. The lowest BCUT2D eigenvalue weighted by atomic mass is 10.2. The lowest BCUT2D eigenvalue weighted by molar-refractivity contribution is -0.142. The first-order valence-corrected chi connectivity index (χ1v) is 5.40. The summed E-state index contributed by atoms with van der Waals surface area (Å²) in [6.45, 7) is 1.91. The van der Waals surface area contributed by atoms with Crippen LogP contribution in [0.1, 0.15) is 6.92 Å². The Hall–Kier alpha value is -2.04.